The van der Waals surface area contributed by atoms with Crippen molar-refractivity contribution < 1.29 is 19.7 Å². The van der Waals surface area contributed by atoms with Gasteiger partial charge in [-0.15, -0.1) is 0 Å². The van der Waals surface area contributed by atoms with E-state index in [2.05, 4.69) is 28.0 Å². The molecule has 0 amide bonds. The second-order valence-corrected chi connectivity index (χ2v) is 9.76. The number of phenolic OH excluding ortho intramolecular Hbond substituents is 1. The summed E-state index contributed by atoms with van der Waals surface area (Å²) in [6, 6.07) is 21.8. The second-order valence-electron chi connectivity index (χ2n) is 9.76. The van der Waals surface area contributed by atoms with Crippen LogP contribution in [0.5, 0.6) is 17.2 Å². The van der Waals surface area contributed by atoms with E-state index in [4.69, 9.17) is 9.47 Å². The van der Waals surface area contributed by atoms with E-state index in [0.29, 0.717) is 18.9 Å². The number of aliphatic hydroxyl groups is 1. The fraction of sp³-hybridized carbons (Fsp3) is 0.400. The Bertz CT molecular complexity index is 1120. The van der Waals surface area contributed by atoms with Crippen molar-refractivity contribution >= 4 is 5.69 Å². The molecule has 3 aromatic rings. The Morgan fingerprint density at radius 1 is 1.00 bits per heavy atom. The summed E-state index contributed by atoms with van der Waals surface area (Å²) < 4.78 is 11.4. The molecule has 192 valence electrons. The van der Waals surface area contributed by atoms with Gasteiger partial charge in [-0.3, -0.25) is 0 Å². The summed E-state index contributed by atoms with van der Waals surface area (Å²) in [7, 11) is 5.74. The van der Waals surface area contributed by atoms with Crippen LogP contribution in [0.2, 0.25) is 0 Å². The monoisotopic (exact) mass is 490 g/mol. The molecule has 4 rings (SSSR count). The molecule has 0 spiro atoms. The van der Waals surface area contributed by atoms with Crippen LogP contribution in [0.4, 0.5) is 5.69 Å². The fourth-order valence-corrected chi connectivity index (χ4v) is 5.10. The Hall–Kier alpha value is -3.22. The molecule has 6 heteroatoms. The molecule has 2 unspecified atom stereocenters. The molecule has 3 aromatic carbocycles. The lowest BCUT2D eigenvalue weighted by Gasteiger charge is -2.40. The summed E-state index contributed by atoms with van der Waals surface area (Å²) >= 11 is 0. The Morgan fingerprint density at radius 3 is 2.53 bits per heavy atom. The lowest BCUT2D eigenvalue weighted by molar-refractivity contribution is 0.232. The highest BCUT2D eigenvalue weighted by Crippen LogP contribution is 2.39. The molecular formula is C30H38N2O4. The third-order valence-corrected chi connectivity index (χ3v) is 7.01. The minimum Gasteiger partial charge on any atom is -0.508 e. The number of nitrogens with zero attached hydrogens (tertiary/aromatic N) is 2. The van der Waals surface area contributed by atoms with E-state index in [9.17, 15) is 10.2 Å². The first-order chi connectivity index (χ1) is 17.5. The summed E-state index contributed by atoms with van der Waals surface area (Å²) in [6.07, 6.45) is 2.97. The molecule has 6 nitrogen and oxygen atoms in total. The number of ether oxygens (including phenoxy) is 2. The fourth-order valence-electron chi connectivity index (χ4n) is 5.10. The predicted octanol–water partition coefficient (Wildman–Crippen LogP) is 4.83. The molecule has 2 N–H and O–H groups in total. The highest BCUT2D eigenvalue weighted by molar-refractivity contribution is 5.54. The molecule has 1 aliphatic carbocycles. The van der Waals surface area contributed by atoms with Crippen molar-refractivity contribution in [2.24, 2.45) is 0 Å². The molecule has 0 bridgehead atoms. The van der Waals surface area contributed by atoms with E-state index in [-0.39, 0.29) is 18.6 Å². The number of anilines is 1. The standard InChI is InChI=1S/C30H38N2O4/c1-31(2)16-17-36-26-13-10-22(11-14-26)20-32(24-7-5-8-27(19-24)35-3)30(21-33)29-9-4-6-23-18-25(34)12-15-28(23)29/h5,7-8,10-15,18-19,29-30,33-34H,4,6,9,16-17,20-21H2,1-3H3. The van der Waals surface area contributed by atoms with Gasteiger partial charge in [0, 0.05) is 30.8 Å². The zero-order chi connectivity index (χ0) is 25.5. The maximum Gasteiger partial charge on any atom is 0.120 e. The van der Waals surface area contributed by atoms with Gasteiger partial charge in [0.15, 0.2) is 0 Å². The number of phenols is 1. The van der Waals surface area contributed by atoms with Crippen LogP contribution in [0.1, 0.15) is 35.4 Å². The predicted molar refractivity (Wildman–Crippen MR) is 144 cm³/mol. The largest absolute Gasteiger partial charge is 0.508 e. The zero-order valence-corrected chi connectivity index (χ0v) is 21.6. The Morgan fingerprint density at radius 2 is 1.81 bits per heavy atom. The number of aliphatic hydroxyl groups excluding tert-OH is 1. The van der Waals surface area contributed by atoms with Gasteiger partial charge in [-0.2, -0.15) is 0 Å². The molecule has 1 aliphatic rings. The summed E-state index contributed by atoms with van der Waals surface area (Å²) in [5.41, 5.74) is 4.54. The van der Waals surface area contributed by atoms with Crippen LogP contribution in [-0.2, 0) is 13.0 Å². The summed E-state index contributed by atoms with van der Waals surface area (Å²) in [5.74, 6) is 2.09. The number of hydrogen-bond acceptors (Lipinski definition) is 6. The van der Waals surface area contributed by atoms with Crippen LogP contribution in [0.25, 0.3) is 0 Å². The van der Waals surface area contributed by atoms with Crippen molar-refractivity contribution in [2.45, 2.75) is 37.8 Å². The van der Waals surface area contributed by atoms with Crippen molar-refractivity contribution in [2.75, 3.05) is 45.9 Å². The third kappa shape index (κ3) is 6.31. The van der Waals surface area contributed by atoms with Gasteiger partial charge in [0.05, 0.1) is 19.8 Å². The normalized spacial score (nSPS) is 15.9. The molecule has 0 heterocycles. The highest BCUT2D eigenvalue weighted by atomic mass is 16.5. The van der Waals surface area contributed by atoms with Gasteiger partial charge < -0.3 is 29.5 Å². The number of rotatable bonds is 11. The van der Waals surface area contributed by atoms with E-state index < -0.39 is 0 Å². The van der Waals surface area contributed by atoms with Gasteiger partial charge in [0.1, 0.15) is 23.9 Å². The average molecular weight is 491 g/mol. The molecule has 0 radical (unpaired) electrons. The quantitative estimate of drug-likeness (QED) is 0.401. The van der Waals surface area contributed by atoms with Crippen molar-refractivity contribution in [3.05, 3.63) is 83.4 Å². The minimum absolute atomic E-state index is 0.0217. The van der Waals surface area contributed by atoms with Crippen molar-refractivity contribution in [3.8, 4) is 17.2 Å². The lowest BCUT2D eigenvalue weighted by Crippen LogP contribution is -2.43. The average Bonchev–Trinajstić information content (AvgIpc) is 2.89. The van der Waals surface area contributed by atoms with Gasteiger partial charge in [-0.1, -0.05) is 24.3 Å². The van der Waals surface area contributed by atoms with Crippen LogP contribution in [0.15, 0.2) is 66.7 Å². The van der Waals surface area contributed by atoms with Gasteiger partial charge in [-0.25, -0.2) is 0 Å². The zero-order valence-electron chi connectivity index (χ0n) is 21.6. The van der Waals surface area contributed by atoms with Crippen LogP contribution < -0.4 is 14.4 Å². The van der Waals surface area contributed by atoms with Crippen molar-refractivity contribution in [1.29, 1.82) is 0 Å². The Balaban J connectivity index is 1.63. The second kappa shape index (κ2) is 12.2. The van der Waals surface area contributed by atoms with Gasteiger partial charge in [0.2, 0.25) is 0 Å². The maximum absolute atomic E-state index is 10.7. The molecule has 0 saturated carbocycles. The third-order valence-electron chi connectivity index (χ3n) is 7.01. The molecular weight excluding hydrogens is 452 g/mol. The number of benzene rings is 3. The molecule has 0 aromatic heterocycles. The number of aryl methyl sites for hydroxylation is 1. The first-order valence-corrected chi connectivity index (χ1v) is 12.7. The number of methoxy groups -OCH3 is 1. The van der Waals surface area contributed by atoms with E-state index in [0.717, 1.165) is 48.6 Å². The molecule has 0 fully saturated rings. The van der Waals surface area contributed by atoms with Crippen LogP contribution >= 0.6 is 0 Å². The van der Waals surface area contributed by atoms with Crippen molar-refractivity contribution in [3.63, 3.8) is 0 Å². The minimum atomic E-state index is -0.128. The smallest absolute Gasteiger partial charge is 0.120 e. The van der Waals surface area contributed by atoms with E-state index in [1.54, 1.807) is 13.2 Å². The van der Waals surface area contributed by atoms with E-state index in [1.807, 2.05) is 56.6 Å². The number of likely N-dealkylation sites (N-methyl/N-ethyl adjacent to an activating group) is 1. The SMILES string of the molecule is COc1cccc(N(Cc2ccc(OCCN(C)C)cc2)C(CO)C2CCCc3cc(O)ccc32)c1. The van der Waals surface area contributed by atoms with Gasteiger partial charge >= 0.3 is 0 Å². The molecule has 0 aliphatic heterocycles. The highest BCUT2D eigenvalue weighted by Gasteiger charge is 2.32. The Kier molecular flexibility index (Phi) is 8.73. The summed E-state index contributed by atoms with van der Waals surface area (Å²) in [6.45, 7) is 2.17. The van der Waals surface area contributed by atoms with Crippen molar-refractivity contribution in [1.82, 2.24) is 4.90 Å². The number of fused-ring (bicyclic) bond motifs is 1. The van der Waals surface area contributed by atoms with Crippen LogP contribution in [0, 0.1) is 0 Å². The topological polar surface area (TPSA) is 65.4 Å². The van der Waals surface area contributed by atoms with Crippen LogP contribution in [0.3, 0.4) is 0 Å². The van der Waals surface area contributed by atoms with Crippen LogP contribution in [-0.4, -0.2) is 62.1 Å². The maximum atomic E-state index is 10.7. The van der Waals surface area contributed by atoms with Gasteiger partial charge in [-0.05, 0) is 86.4 Å². The lowest BCUT2D eigenvalue weighted by atomic mass is 9.78. The first kappa shape index (κ1) is 25.9. The number of aromatic hydroxyl groups is 1. The van der Waals surface area contributed by atoms with E-state index >= 15 is 0 Å². The Labute approximate surface area is 214 Å². The first-order valence-electron chi connectivity index (χ1n) is 12.7. The molecule has 0 saturated heterocycles. The number of hydrogen-bond donors (Lipinski definition) is 2. The van der Waals surface area contributed by atoms with E-state index in [1.165, 1.54) is 11.1 Å². The van der Waals surface area contributed by atoms with Gasteiger partial charge in [0.25, 0.3) is 0 Å². The summed E-state index contributed by atoms with van der Waals surface area (Å²) in [4.78, 5) is 4.39. The molecule has 36 heavy (non-hydrogen) atoms. The summed E-state index contributed by atoms with van der Waals surface area (Å²) in [5, 5.41) is 20.8. The molecule has 2 atom stereocenters.